The Hall–Kier alpha value is -1.78. The first-order chi connectivity index (χ1) is 8.26. The first kappa shape index (κ1) is 13.3. The average Bonchev–Trinajstić information content (AvgIpc) is 2.35. The summed E-state index contributed by atoms with van der Waals surface area (Å²) in [6.45, 7) is 5.83. The SMILES string of the molecule is CCCNC(=O)CNc1cccc(NCC)n1. The van der Waals surface area contributed by atoms with Crippen LogP contribution in [0.1, 0.15) is 20.3 Å². The van der Waals surface area contributed by atoms with Gasteiger partial charge in [-0.3, -0.25) is 4.79 Å². The van der Waals surface area contributed by atoms with Crippen LogP contribution in [0.5, 0.6) is 0 Å². The van der Waals surface area contributed by atoms with Crippen LogP contribution < -0.4 is 16.0 Å². The molecule has 0 bridgehead atoms. The van der Waals surface area contributed by atoms with E-state index in [9.17, 15) is 4.79 Å². The Morgan fingerprint density at radius 1 is 1.24 bits per heavy atom. The molecule has 5 nitrogen and oxygen atoms in total. The molecule has 1 aromatic heterocycles. The van der Waals surface area contributed by atoms with Crippen LogP contribution in [0.4, 0.5) is 11.6 Å². The second-order valence-electron chi connectivity index (χ2n) is 3.64. The van der Waals surface area contributed by atoms with Gasteiger partial charge in [0.05, 0.1) is 6.54 Å². The monoisotopic (exact) mass is 236 g/mol. The Bertz CT molecular complexity index is 354. The minimum atomic E-state index is -0.0116. The number of pyridine rings is 1. The molecule has 5 heteroatoms. The molecule has 0 unspecified atom stereocenters. The largest absolute Gasteiger partial charge is 0.370 e. The van der Waals surface area contributed by atoms with Gasteiger partial charge >= 0.3 is 0 Å². The van der Waals surface area contributed by atoms with Crippen molar-refractivity contribution >= 4 is 17.5 Å². The second kappa shape index (κ2) is 7.49. The molecule has 0 atom stereocenters. The van der Waals surface area contributed by atoms with Crippen molar-refractivity contribution in [2.45, 2.75) is 20.3 Å². The van der Waals surface area contributed by atoms with Gasteiger partial charge in [0.25, 0.3) is 0 Å². The zero-order valence-electron chi connectivity index (χ0n) is 10.4. The standard InChI is InChI=1S/C12H20N4O/c1-3-8-14-12(17)9-15-11-7-5-6-10(16-11)13-4-2/h5-7H,3-4,8-9H2,1-2H3,(H,14,17)(H2,13,15,16). The topological polar surface area (TPSA) is 66.1 Å². The third-order valence-electron chi connectivity index (χ3n) is 2.11. The van der Waals surface area contributed by atoms with Crippen LogP contribution in [0.2, 0.25) is 0 Å². The van der Waals surface area contributed by atoms with Crippen LogP contribution in [0.25, 0.3) is 0 Å². The van der Waals surface area contributed by atoms with Crippen LogP contribution in [-0.2, 0) is 4.79 Å². The number of nitrogens with one attached hydrogen (secondary N) is 3. The molecule has 1 amide bonds. The van der Waals surface area contributed by atoms with E-state index in [1.54, 1.807) is 0 Å². The molecule has 17 heavy (non-hydrogen) atoms. The number of anilines is 2. The summed E-state index contributed by atoms with van der Waals surface area (Å²) in [6.07, 6.45) is 0.944. The molecule has 0 aliphatic carbocycles. The molecule has 1 heterocycles. The van der Waals surface area contributed by atoms with Crippen molar-refractivity contribution in [2.75, 3.05) is 30.3 Å². The predicted molar refractivity (Wildman–Crippen MR) is 70.2 cm³/mol. The summed E-state index contributed by atoms with van der Waals surface area (Å²) in [5.41, 5.74) is 0. The fourth-order valence-electron chi connectivity index (χ4n) is 1.31. The highest BCUT2D eigenvalue weighted by Gasteiger charge is 2.01. The number of hydrogen-bond donors (Lipinski definition) is 3. The summed E-state index contributed by atoms with van der Waals surface area (Å²) in [5.74, 6) is 1.50. The van der Waals surface area contributed by atoms with E-state index >= 15 is 0 Å². The number of aromatic nitrogens is 1. The number of carbonyl (C=O) groups excluding carboxylic acids is 1. The van der Waals surface area contributed by atoms with Crippen molar-refractivity contribution in [2.24, 2.45) is 0 Å². The average molecular weight is 236 g/mol. The first-order valence-corrected chi connectivity index (χ1v) is 5.97. The van der Waals surface area contributed by atoms with Crippen LogP contribution in [0.15, 0.2) is 18.2 Å². The van der Waals surface area contributed by atoms with E-state index in [-0.39, 0.29) is 12.5 Å². The lowest BCUT2D eigenvalue weighted by Gasteiger charge is -2.08. The van der Waals surface area contributed by atoms with Crippen molar-refractivity contribution in [1.29, 1.82) is 0 Å². The normalized spacial score (nSPS) is 9.76. The van der Waals surface area contributed by atoms with E-state index in [1.807, 2.05) is 32.0 Å². The maximum absolute atomic E-state index is 11.4. The molecule has 0 fully saturated rings. The number of carbonyl (C=O) groups is 1. The number of nitrogens with zero attached hydrogens (tertiary/aromatic N) is 1. The van der Waals surface area contributed by atoms with E-state index in [4.69, 9.17) is 0 Å². The summed E-state index contributed by atoms with van der Waals surface area (Å²) < 4.78 is 0. The Balaban J connectivity index is 2.40. The van der Waals surface area contributed by atoms with Crippen molar-refractivity contribution in [1.82, 2.24) is 10.3 Å². The van der Waals surface area contributed by atoms with Gasteiger partial charge in [0.2, 0.25) is 5.91 Å². The first-order valence-electron chi connectivity index (χ1n) is 5.97. The van der Waals surface area contributed by atoms with E-state index < -0.39 is 0 Å². The van der Waals surface area contributed by atoms with Crippen LogP contribution in [0, 0.1) is 0 Å². The molecule has 94 valence electrons. The number of amides is 1. The lowest BCUT2D eigenvalue weighted by Crippen LogP contribution is -2.30. The Labute approximate surface area is 102 Å². The van der Waals surface area contributed by atoms with Gasteiger partial charge in [-0.2, -0.15) is 0 Å². The van der Waals surface area contributed by atoms with E-state index in [0.717, 1.165) is 18.8 Å². The minimum Gasteiger partial charge on any atom is -0.370 e. The smallest absolute Gasteiger partial charge is 0.239 e. The van der Waals surface area contributed by atoms with Crippen molar-refractivity contribution in [3.05, 3.63) is 18.2 Å². The molecular weight excluding hydrogens is 216 g/mol. The van der Waals surface area contributed by atoms with Crippen LogP contribution in [-0.4, -0.2) is 30.5 Å². The summed E-state index contributed by atoms with van der Waals surface area (Å²) in [5, 5.41) is 8.90. The van der Waals surface area contributed by atoms with Crippen molar-refractivity contribution < 1.29 is 4.79 Å². The van der Waals surface area contributed by atoms with E-state index in [2.05, 4.69) is 20.9 Å². The summed E-state index contributed by atoms with van der Waals surface area (Å²) in [7, 11) is 0. The lowest BCUT2D eigenvalue weighted by molar-refractivity contribution is -0.119. The van der Waals surface area contributed by atoms with Gasteiger partial charge in [0, 0.05) is 13.1 Å². The van der Waals surface area contributed by atoms with Gasteiger partial charge in [-0.1, -0.05) is 13.0 Å². The van der Waals surface area contributed by atoms with Gasteiger partial charge in [0.1, 0.15) is 11.6 Å². The third-order valence-corrected chi connectivity index (χ3v) is 2.11. The number of hydrogen-bond acceptors (Lipinski definition) is 4. The van der Waals surface area contributed by atoms with Gasteiger partial charge in [-0.05, 0) is 25.5 Å². The molecule has 0 radical (unpaired) electrons. The summed E-state index contributed by atoms with van der Waals surface area (Å²) in [4.78, 5) is 15.7. The van der Waals surface area contributed by atoms with Gasteiger partial charge in [-0.25, -0.2) is 4.98 Å². The maximum Gasteiger partial charge on any atom is 0.239 e. The molecule has 0 saturated carbocycles. The fraction of sp³-hybridized carbons (Fsp3) is 0.500. The van der Waals surface area contributed by atoms with Gasteiger partial charge in [-0.15, -0.1) is 0 Å². The van der Waals surface area contributed by atoms with Crippen LogP contribution in [0.3, 0.4) is 0 Å². The molecule has 0 aliphatic rings. The third kappa shape index (κ3) is 5.19. The molecular formula is C12H20N4O. The number of rotatable bonds is 7. The van der Waals surface area contributed by atoms with Crippen molar-refractivity contribution in [3.8, 4) is 0 Å². The van der Waals surface area contributed by atoms with E-state index in [0.29, 0.717) is 12.4 Å². The van der Waals surface area contributed by atoms with Gasteiger partial charge < -0.3 is 16.0 Å². The maximum atomic E-state index is 11.4. The van der Waals surface area contributed by atoms with Gasteiger partial charge in [0.15, 0.2) is 0 Å². The molecule has 1 aromatic rings. The zero-order valence-corrected chi connectivity index (χ0v) is 10.4. The highest BCUT2D eigenvalue weighted by atomic mass is 16.1. The lowest BCUT2D eigenvalue weighted by atomic mass is 10.4. The molecule has 3 N–H and O–H groups in total. The quantitative estimate of drug-likeness (QED) is 0.670. The molecule has 0 aliphatic heterocycles. The molecule has 1 rings (SSSR count). The highest BCUT2D eigenvalue weighted by Crippen LogP contribution is 2.08. The Morgan fingerprint density at radius 3 is 2.59 bits per heavy atom. The summed E-state index contributed by atoms with van der Waals surface area (Å²) >= 11 is 0. The molecule has 0 aromatic carbocycles. The predicted octanol–water partition coefficient (Wildman–Crippen LogP) is 1.45. The van der Waals surface area contributed by atoms with E-state index in [1.165, 1.54) is 0 Å². The molecule has 0 saturated heterocycles. The zero-order chi connectivity index (χ0) is 12.5. The fourth-order valence-corrected chi connectivity index (χ4v) is 1.31. The van der Waals surface area contributed by atoms with Crippen LogP contribution >= 0.6 is 0 Å². The van der Waals surface area contributed by atoms with Crippen molar-refractivity contribution in [3.63, 3.8) is 0 Å². The Morgan fingerprint density at radius 2 is 1.94 bits per heavy atom. The molecule has 0 spiro atoms. The minimum absolute atomic E-state index is 0.0116. The summed E-state index contributed by atoms with van der Waals surface area (Å²) in [6, 6.07) is 5.64. The second-order valence-corrected chi connectivity index (χ2v) is 3.64. The Kier molecular flexibility index (Phi) is 5.85. The highest BCUT2D eigenvalue weighted by molar-refractivity contribution is 5.80.